The average Bonchev–Trinajstić information content (AvgIpc) is 2.53. The summed E-state index contributed by atoms with van der Waals surface area (Å²) in [5.74, 6) is -1.37. The number of benzene rings is 3. The fourth-order valence-corrected chi connectivity index (χ4v) is 2.64. The molecule has 0 amide bonds. The normalized spacial score (nSPS) is 10.7. The monoisotopic (exact) mass is 312 g/mol. The van der Waals surface area contributed by atoms with Crippen LogP contribution in [0.2, 0.25) is 0 Å². The maximum Gasteiger partial charge on any atom is 0.137 e. The van der Waals surface area contributed by atoms with Crippen LogP contribution in [0.15, 0.2) is 55.1 Å². The molecule has 4 heteroatoms. The van der Waals surface area contributed by atoms with E-state index in [1.807, 2.05) is 12.1 Å². The van der Waals surface area contributed by atoms with Crippen LogP contribution in [0.4, 0.5) is 8.78 Å². The van der Waals surface area contributed by atoms with Gasteiger partial charge < -0.3 is 9.84 Å². The molecule has 0 atom stereocenters. The highest BCUT2D eigenvalue weighted by Gasteiger charge is 2.16. The Hall–Kier alpha value is -2.88. The Morgan fingerprint density at radius 1 is 1.09 bits per heavy atom. The third-order valence-corrected chi connectivity index (χ3v) is 3.72. The summed E-state index contributed by atoms with van der Waals surface area (Å²) in [5.41, 5.74) is 1.27. The second-order valence-corrected chi connectivity index (χ2v) is 5.15. The number of hydrogen-bond acceptors (Lipinski definition) is 2. The topological polar surface area (TPSA) is 29.5 Å². The molecule has 0 aromatic heterocycles. The fourth-order valence-electron chi connectivity index (χ4n) is 2.64. The van der Waals surface area contributed by atoms with Crippen molar-refractivity contribution in [1.82, 2.24) is 0 Å². The molecule has 0 heterocycles. The molecule has 3 aromatic rings. The Labute approximate surface area is 132 Å². The summed E-state index contributed by atoms with van der Waals surface area (Å²) in [6.07, 6.45) is 0. The summed E-state index contributed by atoms with van der Waals surface area (Å²) in [6.45, 7) is 3.50. The second kappa shape index (κ2) is 5.72. The van der Waals surface area contributed by atoms with Gasteiger partial charge in [0.1, 0.15) is 23.1 Å². The zero-order valence-corrected chi connectivity index (χ0v) is 12.4. The van der Waals surface area contributed by atoms with Gasteiger partial charge in [0.2, 0.25) is 0 Å². The van der Waals surface area contributed by atoms with E-state index in [1.165, 1.54) is 7.11 Å². The molecule has 0 bridgehead atoms. The first-order valence-electron chi connectivity index (χ1n) is 6.95. The molecule has 0 saturated heterocycles. The molecule has 0 spiro atoms. The van der Waals surface area contributed by atoms with E-state index in [0.717, 1.165) is 17.5 Å². The van der Waals surface area contributed by atoms with Crippen molar-refractivity contribution in [3.05, 3.63) is 72.3 Å². The van der Waals surface area contributed by atoms with Gasteiger partial charge in [-0.15, -0.1) is 0 Å². The number of hydrogen-bond donors (Lipinski definition) is 1. The largest absolute Gasteiger partial charge is 0.508 e. The van der Waals surface area contributed by atoms with Gasteiger partial charge in [-0.05, 0) is 22.4 Å². The van der Waals surface area contributed by atoms with Crippen LogP contribution in [0, 0.1) is 11.6 Å². The van der Waals surface area contributed by atoms with E-state index in [4.69, 9.17) is 4.74 Å². The Morgan fingerprint density at radius 3 is 2.57 bits per heavy atom. The van der Waals surface area contributed by atoms with Gasteiger partial charge in [-0.2, -0.15) is 0 Å². The summed E-state index contributed by atoms with van der Waals surface area (Å²) < 4.78 is 33.0. The van der Waals surface area contributed by atoms with Crippen LogP contribution in [-0.4, -0.2) is 12.2 Å². The van der Waals surface area contributed by atoms with E-state index in [-0.39, 0.29) is 17.1 Å². The molecule has 3 rings (SSSR count). The predicted molar refractivity (Wildman–Crippen MR) is 87.5 cm³/mol. The minimum absolute atomic E-state index is 0.0757. The lowest BCUT2D eigenvalue weighted by atomic mass is 9.95. The number of halogens is 2. The van der Waals surface area contributed by atoms with E-state index in [2.05, 4.69) is 6.58 Å². The summed E-state index contributed by atoms with van der Waals surface area (Å²) in [6, 6.07) is 12.6. The highest BCUT2D eigenvalue weighted by molar-refractivity contribution is 5.99. The van der Waals surface area contributed by atoms with Crippen LogP contribution in [0.25, 0.3) is 27.7 Å². The number of methoxy groups -OCH3 is 1. The third-order valence-electron chi connectivity index (χ3n) is 3.72. The first kappa shape index (κ1) is 15.0. The van der Waals surface area contributed by atoms with Crippen LogP contribution in [0.3, 0.4) is 0 Å². The number of aliphatic hydroxyl groups is 1. The first-order valence-corrected chi connectivity index (χ1v) is 6.95. The minimum atomic E-state index is -0.706. The van der Waals surface area contributed by atoms with Crippen molar-refractivity contribution in [2.75, 3.05) is 7.11 Å². The van der Waals surface area contributed by atoms with Crippen LogP contribution < -0.4 is 4.74 Å². The lowest BCUT2D eigenvalue weighted by Gasteiger charge is -2.13. The quantitative estimate of drug-likeness (QED) is 0.663. The Balaban J connectivity index is 2.36. The van der Waals surface area contributed by atoms with Crippen molar-refractivity contribution in [3.63, 3.8) is 0 Å². The van der Waals surface area contributed by atoms with Crippen molar-refractivity contribution in [2.45, 2.75) is 0 Å². The highest BCUT2D eigenvalue weighted by atomic mass is 19.1. The SMILES string of the molecule is C=C(O)c1ccc2cccc(-c3c(F)cc(F)cc3OC)c2c1. The van der Waals surface area contributed by atoms with Gasteiger partial charge in [0.15, 0.2) is 0 Å². The molecule has 3 aromatic carbocycles. The summed E-state index contributed by atoms with van der Waals surface area (Å²) in [5, 5.41) is 11.2. The predicted octanol–water partition coefficient (Wildman–Crippen LogP) is 5.32. The lowest BCUT2D eigenvalue weighted by molar-refractivity contribution is 0.409. The van der Waals surface area contributed by atoms with Gasteiger partial charge >= 0.3 is 0 Å². The Bertz CT molecular complexity index is 917. The number of fused-ring (bicyclic) bond motifs is 1. The van der Waals surface area contributed by atoms with Crippen LogP contribution >= 0.6 is 0 Å². The molecule has 0 aliphatic carbocycles. The molecule has 116 valence electrons. The summed E-state index contributed by atoms with van der Waals surface area (Å²) >= 11 is 0. The van der Waals surface area contributed by atoms with E-state index in [0.29, 0.717) is 16.5 Å². The van der Waals surface area contributed by atoms with Gasteiger partial charge in [-0.3, -0.25) is 0 Å². The maximum absolute atomic E-state index is 14.4. The lowest BCUT2D eigenvalue weighted by Crippen LogP contribution is -1.95. The molecular formula is C19H14F2O2. The molecule has 0 saturated carbocycles. The third kappa shape index (κ3) is 2.63. The molecule has 0 radical (unpaired) electrons. The molecule has 0 aliphatic heterocycles. The van der Waals surface area contributed by atoms with Crippen LogP contribution in [-0.2, 0) is 0 Å². The van der Waals surface area contributed by atoms with E-state index in [9.17, 15) is 13.9 Å². The Kier molecular flexibility index (Phi) is 3.74. The smallest absolute Gasteiger partial charge is 0.137 e. The van der Waals surface area contributed by atoms with Crippen molar-refractivity contribution in [3.8, 4) is 16.9 Å². The molecule has 0 aliphatic rings. The molecule has 2 nitrogen and oxygen atoms in total. The van der Waals surface area contributed by atoms with Crippen molar-refractivity contribution >= 4 is 16.5 Å². The van der Waals surface area contributed by atoms with Gasteiger partial charge in [-0.1, -0.05) is 36.9 Å². The van der Waals surface area contributed by atoms with Gasteiger partial charge in [0.25, 0.3) is 0 Å². The number of ether oxygens (including phenoxy) is 1. The standard InChI is InChI=1S/C19H14F2O2/c1-11(22)13-7-6-12-4-3-5-15(16(12)8-13)19-17(21)9-14(20)10-18(19)23-2/h3-10,22H,1H2,2H3. The summed E-state index contributed by atoms with van der Waals surface area (Å²) in [7, 11) is 1.36. The Morgan fingerprint density at radius 2 is 1.87 bits per heavy atom. The van der Waals surface area contributed by atoms with E-state index in [1.54, 1.807) is 24.3 Å². The maximum atomic E-state index is 14.4. The van der Waals surface area contributed by atoms with E-state index >= 15 is 0 Å². The summed E-state index contributed by atoms with van der Waals surface area (Å²) in [4.78, 5) is 0. The van der Waals surface area contributed by atoms with Gasteiger partial charge in [0, 0.05) is 17.7 Å². The molecule has 0 unspecified atom stereocenters. The molecule has 0 fully saturated rings. The van der Waals surface area contributed by atoms with Crippen LogP contribution in [0.1, 0.15) is 5.56 Å². The number of aliphatic hydroxyl groups excluding tert-OH is 1. The van der Waals surface area contributed by atoms with Gasteiger partial charge in [0.05, 0.1) is 12.7 Å². The van der Waals surface area contributed by atoms with Crippen LogP contribution in [0.5, 0.6) is 5.75 Å². The van der Waals surface area contributed by atoms with Crippen molar-refractivity contribution in [1.29, 1.82) is 0 Å². The number of rotatable bonds is 3. The van der Waals surface area contributed by atoms with Crippen molar-refractivity contribution < 1.29 is 18.6 Å². The average molecular weight is 312 g/mol. The zero-order valence-electron chi connectivity index (χ0n) is 12.4. The first-order chi connectivity index (χ1) is 11.0. The molecule has 1 N–H and O–H groups in total. The van der Waals surface area contributed by atoms with Crippen molar-refractivity contribution in [2.24, 2.45) is 0 Å². The molecular weight excluding hydrogens is 298 g/mol. The fraction of sp³-hybridized carbons (Fsp3) is 0.0526. The van der Waals surface area contributed by atoms with Gasteiger partial charge in [-0.25, -0.2) is 8.78 Å². The minimum Gasteiger partial charge on any atom is -0.508 e. The zero-order chi connectivity index (χ0) is 16.6. The highest BCUT2D eigenvalue weighted by Crippen LogP contribution is 2.38. The molecule has 23 heavy (non-hydrogen) atoms. The second-order valence-electron chi connectivity index (χ2n) is 5.15. The van der Waals surface area contributed by atoms with E-state index < -0.39 is 11.6 Å².